The van der Waals surface area contributed by atoms with Crippen molar-refractivity contribution in [2.45, 2.75) is 39.3 Å². The van der Waals surface area contributed by atoms with E-state index in [4.69, 9.17) is 4.74 Å². The van der Waals surface area contributed by atoms with E-state index in [1.807, 2.05) is 56.3 Å². The van der Waals surface area contributed by atoms with Crippen molar-refractivity contribution in [2.24, 2.45) is 0 Å². The van der Waals surface area contributed by atoms with Gasteiger partial charge in [0.25, 0.3) is 11.8 Å². The molecule has 0 spiro atoms. The fraction of sp³-hybridized carbons (Fsp3) is 0.241. The number of amides is 3. The van der Waals surface area contributed by atoms with Crippen LogP contribution < -0.4 is 4.90 Å². The highest BCUT2D eigenvalue weighted by Gasteiger charge is 2.46. The van der Waals surface area contributed by atoms with Gasteiger partial charge in [-0.25, -0.2) is 9.69 Å². The third-order valence-electron chi connectivity index (χ3n) is 6.40. The van der Waals surface area contributed by atoms with Crippen LogP contribution in [0.3, 0.4) is 0 Å². The van der Waals surface area contributed by atoms with Gasteiger partial charge in [0.1, 0.15) is 6.04 Å². The lowest BCUT2D eigenvalue weighted by atomic mass is 10.0. The molecule has 2 atom stereocenters. The van der Waals surface area contributed by atoms with Crippen molar-refractivity contribution in [2.75, 3.05) is 11.5 Å². The van der Waals surface area contributed by atoms with Crippen molar-refractivity contribution in [1.82, 2.24) is 4.90 Å². The summed E-state index contributed by atoms with van der Waals surface area (Å²) in [6, 6.07) is 21.3. The first kappa shape index (κ1) is 24.9. The van der Waals surface area contributed by atoms with E-state index in [2.05, 4.69) is 0 Å². The fourth-order valence-electron chi connectivity index (χ4n) is 4.50. The summed E-state index contributed by atoms with van der Waals surface area (Å²) in [5.74, 6) is -1.67. The molecular weight excluding hydrogens is 456 g/mol. The Morgan fingerprint density at radius 1 is 0.972 bits per heavy atom. The van der Waals surface area contributed by atoms with Gasteiger partial charge in [-0.05, 0) is 62.2 Å². The Hall–Kier alpha value is -4.26. The summed E-state index contributed by atoms with van der Waals surface area (Å²) in [6.45, 7) is 5.67. The molecule has 1 fully saturated rings. The van der Waals surface area contributed by atoms with Gasteiger partial charge in [-0.2, -0.15) is 0 Å². The molecule has 1 saturated heterocycles. The molecule has 7 nitrogen and oxygen atoms in total. The van der Waals surface area contributed by atoms with Crippen LogP contribution in [0.15, 0.2) is 78.9 Å². The first-order chi connectivity index (χ1) is 17.3. The van der Waals surface area contributed by atoms with Crippen LogP contribution in [0.4, 0.5) is 5.69 Å². The van der Waals surface area contributed by atoms with E-state index in [9.17, 15) is 19.2 Å². The fourth-order valence-corrected chi connectivity index (χ4v) is 4.50. The van der Waals surface area contributed by atoms with E-state index < -0.39 is 29.9 Å². The number of benzene rings is 3. The first-order valence-electron chi connectivity index (χ1n) is 11.9. The number of carbonyl (C=O) groups excluding carboxylic acids is 4. The average Bonchev–Trinajstić information content (AvgIpc) is 3.18. The lowest BCUT2D eigenvalue weighted by molar-refractivity contribution is -0.123. The molecule has 36 heavy (non-hydrogen) atoms. The topological polar surface area (TPSA) is 84.0 Å². The van der Waals surface area contributed by atoms with Gasteiger partial charge in [-0.1, -0.05) is 48.5 Å². The van der Waals surface area contributed by atoms with Gasteiger partial charge in [-0.3, -0.25) is 14.4 Å². The van der Waals surface area contributed by atoms with E-state index in [1.165, 1.54) is 17.0 Å². The monoisotopic (exact) mass is 484 g/mol. The third-order valence-corrected chi connectivity index (χ3v) is 6.40. The zero-order valence-electron chi connectivity index (χ0n) is 20.5. The molecule has 184 valence electrons. The Labute approximate surface area is 210 Å². The van der Waals surface area contributed by atoms with E-state index in [0.717, 1.165) is 16.0 Å². The van der Waals surface area contributed by atoms with Crippen LogP contribution in [0.2, 0.25) is 0 Å². The van der Waals surface area contributed by atoms with E-state index in [1.54, 1.807) is 31.2 Å². The minimum Gasteiger partial charge on any atom is -0.462 e. The summed E-state index contributed by atoms with van der Waals surface area (Å²) in [5, 5.41) is 0. The van der Waals surface area contributed by atoms with Crippen molar-refractivity contribution >= 4 is 29.4 Å². The smallest absolute Gasteiger partial charge is 0.338 e. The van der Waals surface area contributed by atoms with E-state index in [-0.39, 0.29) is 18.9 Å². The number of carbonyl (C=O) groups is 4. The van der Waals surface area contributed by atoms with Crippen LogP contribution in [0, 0.1) is 6.92 Å². The summed E-state index contributed by atoms with van der Waals surface area (Å²) >= 11 is 0. The van der Waals surface area contributed by atoms with Crippen LogP contribution >= 0.6 is 0 Å². The maximum atomic E-state index is 13.8. The standard InChI is InChI=1S/C29H28N2O5/c1-4-36-29(35)22-14-16-23(17-15-22)31-26(32)18-25(28(31)34)30(20(3)21-11-6-5-7-12-21)27(33)24-13-9-8-10-19(24)2/h5-17,20,25H,4,18H2,1-3H3. The van der Waals surface area contributed by atoms with Crippen LogP contribution in [0.5, 0.6) is 0 Å². The number of hydrogen-bond donors (Lipinski definition) is 0. The minimum atomic E-state index is -0.968. The Balaban J connectivity index is 1.69. The Bertz CT molecular complexity index is 1290. The van der Waals surface area contributed by atoms with Crippen molar-refractivity contribution in [1.29, 1.82) is 0 Å². The molecule has 1 aliphatic rings. The highest BCUT2D eigenvalue weighted by molar-refractivity contribution is 6.23. The lowest BCUT2D eigenvalue weighted by Crippen LogP contribution is -2.47. The van der Waals surface area contributed by atoms with Gasteiger partial charge >= 0.3 is 5.97 Å². The maximum absolute atomic E-state index is 13.8. The van der Waals surface area contributed by atoms with Gasteiger partial charge in [-0.15, -0.1) is 0 Å². The summed E-state index contributed by atoms with van der Waals surface area (Å²) < 4.78 is 5.00. The van der Waals surface area contributed by atoms with Crippen molar-refractivity contribution in [3.63, 3.8) is 0 Å². The normalized spacial score (nSPS) is 16.1. The van der Waals surface area contributed by atoms with Crippen LogP contribution in [0.25, 0.3) is 0 Å². The highest BCUT2D eigenvalue weighted by Crippen LogP contribution is 2.33. The van der Waals surface area contributed by atoms with Gasteiger partial charge in [0.05, 0.1) is 30.3 Å². The second-order valence-electron chi connectivity index (χ2n) is 8.67. The van der Waals surface area contributed by atoms with Gasteiger partial charge < -0.3 is 9.64 Å². The predicted molar refractivity (Wildman–Crippen MR) is 136 cm³/mol. The van der Waals surface area contributed by atoms with Gasteiger partial charge in [0.15, 0.2) is 0 Å². The highest BCUT2D eigenvalue weighted by atomic mass is 16.5. The Morgan fingerprint density at radius 3 is 2.25 bits per heavy atom. The first-order valence-corrected chi connectivity index (χ1v) is 11.9. The van der Waals surface area contributed by atoms with E-state index >= 15 is 0 Å². The van der Waals surface area contributed by atoms with Crippen LogP contribution in [-0.4, -0.2) is 41.2 Å². The molecule has 0 bridgehead atoms. The number of rotatable bonds is 7. The molecule has 4 rings (SSSR count). The zero-order chi connectivity index (χ0) is 25.8. The molecule has 3 amide bonds. The summed E-state index contributed by atoms with van der Waals surface area (Å²) in [6.07, 6.45) is -0.132. The van der Waals surface area contributed by atoms with Crippen molar-refractivity contribution in [3.8, 4) is 0 Å². The van der Waals surface area contributed by atoms with Crippen molar-refractivity contribution in [3.05, 3.63) is 101 Å². The molecule has 0 aromatic heterocycles. The molecular formula is C29H28N2O5. The number of aryl methyl sites for hydroxylation is 1. The molecule has 1 aliphatic heterocycles. The van der Waals surface area contributed by atoms with Crippen LogP contribution in [-0.2, 0) is 14.3 Å². The summed E-state index contributed by atoms with van der Waals surface area (Å²) in [7, 11) is 0. The largest absolute Gasteiger partial charge is 0.462 e. The lowest BCUT2D eigenvalue weighted by Gasteiger charge is -2.34. The number of anilines is 1. The second kappa shape index (κ2) is 10.6. The number of esters is 1. The molecule has 0 aliphatic carbocycles. The number of nitrogens with zero attached hydrogens (tertiary/aromatic N) is 2. The molecule has 0 saturated carbocycles. The molecule has 3 aromatic rings. The molecule has 2 unspecified atom stereocenters. The number of ether oxygens (including phenoxy) is 1. The molecule has 1 heterocycles. The Kier molecular flexibility index (Phi) is 7.29. The third kappa shape index (κ3) is 4.77. The van der Waals surface area contributed by atoms with E-state index in [0.29, 0.717) is 16.8 Å². The number of hydrogen-bond acceptors (Lipinski definition) is 5. The summed E-state index contributed by atoms with van der Waals surface area (Å²) in [4.78, 5) is 55.2. The maximum Gasteiger partial charge on any atom is 0.338 e. The summed E-state index contributed by atoms with van der Waals surface area (Å²) in [5.41, 5.74) is 2.80. The van der Waals surface area contributed by atoms with Crippen LogP contribution in [0.1, 0.15) is 58.2 Å². The quantitative estimate of drug-likeness (QED) is 0.358. The SMILES string of the molecule is CCOC(=O)c1ccc(N2C(=O)CC(N(C(=O)c3ccccc3C)C(C)c3ccccc3)C2=O)cc1. The zero-order valence-corrected chi connectivity index (χ0v) is 20.5. The van der Waals surface area contributed by atoms with Crippen molar-refractivity contribution < 1.29 is 23.9 Å². The second-order valence-corrected chi connectivity index (χ2v) is 8.67. The molecule has 0 N–H and O–H groups in total. The molecule has 7 heteroatoms. The van der Waals surface area contributed by atoms with Gasteiger partial charge in [0.2, 0.25) is 5.91 Å². The minimum absolute atomic E-state index is 0.132. The molecule has 3 aromatic carbocycles. The molecule has 0 radical (unpaired) electrons. The number of imide groups is 1. The predicted octanol–water partition coefficient (Wildman–Crippen LogP) is 4.71. The average molecular weight is 485 g/mol. The Morgan fingerprint density at radius 2 is 1.61 bits per heavy atom. The van der Waals surface area contributed by atoms with Gasteiger partial charge in [0, 0.05) is 5.56 Å².